The first-order chi connectivity index (χ1) is 9.56. The second-order valence-electron chi connectivity index (χ2n) is 3.88. The smallest absolute Gasteiger partial charge is 0.337 e. The highest BCUT2D eigenvalue weighted by molar-refractivity contribution is 5.87. The highest BCUT2D eigenvalue weighted by Crippen LogP contribution is 2.13. The highest BCUT2D eigenvalue weighted by Gasteiger charge is 2.09. The zero-order valence-corrected chi connectivity index (χ0v) is 10.1. The van der Waals surface area contributed by atoms with Gasteiger partial charge in [-0.2, -0.15) is 10.5 Å². The lowest BCUT2D eigenvalue weighted by Gasteiger charge is -2.07. The van der Waals surface area contributed by atoms with Crippen molar-refractivity contribution in [1.29, 1.82) is 10.5 Å². The third kappa shape index (κ3) is 2.26. The molecule has 0 fully saturated rings. The van der Waals surface area contributed by atoms with Crippen LogP contribution in [0.5, 0.6) is 0 Å². The van der Waals surface area contributed by atoms with Crippen molar-refractivity contribution in [2.24, 2.45) is 0 Å². The van der Waals surface area contributed by atoms with E-state index in [1.165, 1.54) is 30.5 Å². The fourth-order valence-electron chi connectivity index (χ4n) is 1.69. The van der Waals surface area contributed by atoms with Crippen LogP contribution in [0.4, 0.5) is 0 Å². The summed E-state index contributed by atoms with van der Waals surface area (Å²) in [4.78, 5) is 22.7. The Morgan fingerprint density at radius 1 is 1.10 bits per heavy atom. The molecule has 2 rings (SSSR count). The lowest BCUT2D eigenvalue weighted by atomic mass is 10.1. The molecule has 6 nitrogen and oxygen atoms in total. The van der Waals surface area contributed by atoms with E-state index in [1.807, 2.05) is 12.1 Å². The third-order valence-corrected chi connectivity index (χ3v) is 2.68. The molecule has 2 aromatic rings. The minimum Gasteiger partial charge on any atom is -0.478 e. The SMILES string of the molecule is N#Cc1ccc(-n2cc(C(=O)O)ccc2=O)cc1C#N. The number of nitrogens with zero attached hydrogens (tertiary/aromatic N) is 3. The van der Waals surface area contributed by atoms with E-state index in [9.17, 15) is 9.59 Å². The van der Waals surface area contributed by atoms with Crippen molar-refractivity contribution >= 4 is 5.97 Å². The second-order valence-corrected chi connectivity index (χ2v) is 3.88. The summed E-state index contributed by atoms with van der Waals surface area (Å²) >= 11 is 0. The van der Waals surface area contributed by atoms with E-state index in [4.69, 9.17) is 15.6 Å². The summed E-state index contributed by atoms with van der Waals surface area (Å²) in [5, 5.41) is 26.7. The molecule has 96 valence electrons. The number of rotatable bonds is 2. The monoisotopic (exact) mass is 265 g/mol. The van der Waals surface area contributed by atoms with Gasteiger partial charge in [0.2, 0.25) is 0 Å². The first-order valence-electron chi connectivity index (χ1n) is 5.47. The van der Waals surface area contributed by atoms with Gasteiger partial charge in [0.25, 0.3) is 5.56 Å². The van der Waals surface area contributed by atoms with Gasteiger partial charge in [0.15, 0.2) is 0 Å². The van der Waals surface area contributed by atoms with Crippen LogP contribution in [-0.2, 0) is 0 Å². The van der Waals surface area contributed by atoms with Gasteiger partial charge in [0.05, 0.1) is 22.4 Å². The Morgan fingerprint density at radius 2 is 1.80 bits per heavy atom. The van der Waals surface area contributed by atoms with E-state index in [0.717, 1.165) is 10.6 Å². The Hall–Kier alpha value is -3.38. The van der Waals surface area contributed by atoms with Crippen LogP contribution in [0.1, 0.15) is 21.5 Å². The van der Waals surface area contributed by atoms with Gasteiger partial charge in [-0.1, -0.05) is 0 Å². The van der Waals surface area contributed by atoms with E-state index in [-0.39, 0.29) is 16.7 Å². The minimum atomic E-state index is -1.16. The second kappa shape index (κ2) is 5.09. The normalized spacial score (nSPS) is 9.50. The first kappa shape index (κ1) is 13.1. The van der Waals surface area contributed by atoms with Crippen LogP contribution in [0.15, 0.2) is 41.3 Å². The average Bonchev–Trinajstić information content (AvgIpc) is 2.46. The number of pyridine rings is 1. The summed E-state index contributed by atoms with van der Waals surface area (Å²) in [7, 11) is 0. The summed E-state index contributed by atoms with van der Waals surface area (Å²) in [6, 6.07) is 10.3. The van der Waals surface area contributed by atoms with E-state index in [0.29, 0.717) is 5.69 Å². The lowest BCUT2D eigenvalue weighted by Crippen LogP contribution is -2.18. The van der Waals surface area contributed by atoms with Crippen molar-refractivity contribution in [2.45, 2.75) is 0 Å². The van der Waals surface area contributed by atoms with Crippen molar-refractivity contribution in [2.75, 3.05) is 0 Å². The van der Waals surface area contributed by atoms with Crippen LogP contribution in [0.25, 0.3) is 5.69 Å². The number of aromatic nitrogens is 1. The maximum Gasteiger partial charge on any atom is 0.337 e. The molecular formula is C14H7N3O3. The van der Waals surface area contributed by atoms with Gasteiger partial charge in [-0.3, -0.25) is 9.36 Å². The molecule has 0 amide bonds. The molecule has 1 aromatic carbocycles. The fourth-order valence-corrected chi connectivity index (χ4v) is 1.69. The zero-order chi connectivity index (χ0) is 14.7. The van der Waals surface area contributed by atoms with E-state index in [2.05, 4.69) is 0 Å². The predicted octanol–water partition coefficient (Wildman–Crippen LogP) is 1.28. The number of aromatic carboxylic acids is 1. The van der Waals surface area contributed by atoms with Crippen LogP contribution in [0.3, 0.4) is 0 Å². The van der Waals surface area contributed by atoms with Crippen LogP contribution >= 0.6 is 0 Å². The third-order valence-electron chi connectivity index (χ3n) is 2.68. The van der Waals surface area contributed by atoms with E-state index in [1.54, 1.807) is 0 Å². The number of nitriles is 2. The summed E-state index contributed by atoms with van der Waals surface area (Å²) < 4.78 is 1.12. The van der Waals surface area contributed by atoms with Crippen molar-refractivity contribution in [3.8, 4) is 17.8 Å². The van der Waals surface area contributed by atoms with Gasteiger partial charge in [-0.15, -0.1) is 0 Å². The van der Waals surface area contributed by atoms with E-state index < -0.39 is 11.5 Å². The van der Waals surface area contributed by atoms with Crippen LogP contribution in [0.2, 0.25) is 0 Å². The molecule has 0 unspecified atom stereocenters. The molecule has 0 saturated heterocycles. The van der Waals surface area contributed by atoms with Gasteiger partial charge < -0.3 is 5.11 Å². The molecule has 0 radical (unpaired) electrons. The van der Waals surface area contributed by atoms with Crippen molar-refractivity contribution in [3.05, 3.63) is 63.6 Å². The molecule has 1 heterocycles. The molecule has 0 bridgehead atoms. The maximum atomic E-state index is 11.8. The fraction of sp³-hybridized carbons (Fsp3) is 0. The van der Waals surface area contributed by atoms with Crippen molar-refractivity contribution < 1.29 is 9.90 Å². The minimum absolute atomic E-state index is 0.0486. The molecule has 0 saturated carbocycles. The standard InChI is InChI=1S/C14H7N3O3/c15-6-9-1-3-12(5-11(9)7-16)17-8-10(14(19)20)2-4-13(17)18/h1-5,8H,(H,19,20). The van der Waals surface area contributed by atoms with Gasteiger partial charge in [-0.05, 0) is 24.3 Å². The average molecular weight is 265 g/mol. The lowest BCUT2D eigenvalue weighted by molar-refractivity contribution is 0.0696. The van der Waals surface area contributed by atoms with E-state index >= 15 is 0 Å². The molecule has 0 aliphatic rings. The number of hydrogen-bond acceptors (Lipinski definition) is 4. The van der Waals surface area contributed by atoms with Gasteiger partial charge in [0.1, 0.15) is 12.1 Å². The molecule has 6 heteroatoms. The van der Waals surface area contributed by atoms with Gasteiger partial charge in [-0.25, -0.2) is 4.79 Å². The number of carboxylic acid groups (broad SMARTS) is 1. The van der Waals surface area contributed by atoms with Crippen molar-refractivity contribution in [3.63, 3.8) is 0 Å². The number of carbonyl (C=O) groups is 1. The molecular weight excluding hydrogens is 258 g/mol. The molecule has 0 atom stereocenters. The molecule has 1 N–H and O–H groups in total. The number of carboxylic acids is 1. The maximum absolute atomic E-state index is 11.8. The Kier molecular flexibility index (Phi) is 3.32. The Balaban J connectivity index is 2.67. The van der Waals surface area contributed by atoms with Gasteiger partial charge in [0, 0.05) is 12.3 Å². The van der Waals surface area contributed by atoms with Gasteiger partial charge >= 0.3 is 5.97 Å². The van der Waals surface area contributed by atoms with Crippen LogP contribution in [0, 0.1) is 22.7 Å². The summed E-state index contributed by atoms with van der Waals surface area (Å²) in [5.41, 5.74) is 0.168. The van der Waals surface area contributed by atoms with Crippen LogP contribution in [-0.4, -0.2) is 15.6 Å². The van der Waals surface area contributed by atoms with Crippen LogP contribution < -0.4 is 5.56 Å². The quantitative estimate of drug-likeness (QED) is 0.880. The molecule has 0 aliphatic heterocycles. The summed E-state index contributed by atoms with van der Waals surface area (Å²) in [5.74, 6) is -1.16. The molecule has 20 heavy (non-hydrogen) atoms. The number of hydrogen-bond donors (Lipinski definition) is 1. The van der Waals surface area contributed by atoms with Crippen molar-refractivity contribution in [1.82, 2.24) is 4.57 Å². The molecule has 0 spiro atoms. The molecule has 0 aliphatic carbocycles. The first-order valence-corrected chi connectivity index (χ1v) is 5.47. The Bertz CT molecular complexity index is 838. The Labute approximate surface area is 113 Å². The highest BCUT2D eigenvalue weighted by atomic mass is 16.4. The Morgan fingerprint density at radius 3 is 2.40 bits per heavy atom. The topological polar surface area (TPSA) is 107 Å². The summed E-state index contributed by atoms with van der Waals surface area (Å²) in [6.07, 6.45) is 1.17. The zero-order valence-electron chi connectivity index (χ0n) is 10.1. The molecule has 1 aromatic heterocycles. The predicted molar refractivity (Wildman–Crippen MR) is 68.4 cm³/mol. The number of benzene rings is 1. The summed E-state index contributed by atoms with van der Waals surface area (Å²) in [6.45, 7) is 0. The largest absolute Gasteiger partial charge is 0.478 e.